The summed E-state index contributed by atoms with van der Waals surface area (Å²) in [6.07, 6.45) is 1.50. The standard InChI is InChI=1S/C12H14BrFN2O3/c1-2-3-12(17)6-15(7-12)10-4-8(13)9(14)5-11(10)16(18)19/h4-5,17H,2-3,6-7H2,1H3. The van der Waals surface area contributed by atoms with Crippen molar-refractivity contribution in [1.29, 1.82) is 0 Å². The van der Waals surface area contributed by atoms with Gasteiger partial charge < -0.3 is 10.0 Å². The predicted molar refractivity (Wildman–Crippen MR) is 72.8 cm³/mol. The molecule has 1 heterocycles. The van der Waals surface area contributed by atoms with Crippen molar-refractivity contribution in [2.75, 3.05) is 18.0 Å². The number of nitrogens with zero attached hydrogens (tertiary/aromatic N) is 2. The first-order valence-corrected chi connectivity index (χ1v) is 6.76. The van der Waals surface area contributed by atoms with Crippen LogP contribution >= 0.6 is 15.9 Å². The van der Waals surface area contributed by atoms with Gasteiger partial charge in [-0.05, 0) is 28.4 Å². The molecule has 104 valence electrons. The fourth-order valence-electron chi connectivity index (χ4n) is 2.38. The van der Waals surface area contributed by atoms with E-state index in [-0.39, 0.29) is 10.2 Å². The van der Waals surface area contributed by atoms with Crippen molar-refractivity contribution < 1.29 is 14.4 Å². The Balaban J connectivity index is 2.27. The third kappa shape index (κ3) is 2.71. The van der Waals surface area contributed by atoms with Crippen LogP contribution in [0.25, 0.3) is 0 Å². The van der Waals surface area contributed by atoms with Gasteiger partial charge in [0.1, 0.15) is 11.5 Å². The number of nitro groups is 1. The van der Waals surface area contributed by atoms with E-state index in [1.54, 1.807) is 4.90 Å². The molecular formula is C12H14BrFN2O3. The minimum absolute atomic E-state index is 0.180. The number of β-amino-alcohol motifs (C(OH)–C–C–N with tert-alkyl or cyclic N) is 1. The van der Waals surface area contributed by atoms with Gasteiger partial charge in [0, 0.05) is 13.1 Å². The van der Waals surface area contributed by atoms with Crippen molar-refractivity contribution >= 4 is 27.3 Å². The number of aliphatic hydroxyl groups is 1. The summed E-state index contributed by atoms with van der Waals surface area (Å²) in [5, 5.41) is 21.0. The average molecular weight is 333 g/mol. The Bertz CT molecular complexity index is 518. The van der Waals surface area contributed by atoms with Gasteiger partial charge in [-0.15, -0.1) is 0 Å². The number of anilines is 1. The Hall–Kier alpha value is -1.21. The summed E-state index contributed by atoms with van der Waals surface area (Å²) in [6, 6.07) is 2.29. The zero-order valence-corrected chi connectivity index (χ0v) is 12.0. The lowest BCUT2D eigenvalue weighted by molar-refractivity contribution is -0.384. The van der Waals surface area contributed by atoms with Gasteiger partial charge >= 0.3 is 0 Å². The van der Waals surface area contributed by atoms with Crippen LogP contribution in [-0.2, 0) is 0 Å². The van der Waals surface area contributed by atoms with Crippen LogP contribution in [0, 0.1) is 15.9 Å². The van der Waals surface area contributed by atoms with Gasteiger partial charge in [-0.2, -0.15) is 0 Å². The monoisotopic (exact) mass is 332 g/mol. The normalized spacial score (nSPS) is 17.2. The van der Waals surface area contributed by atoms with E-state index in [0.29, 0.717) is 25.2 Å². The molecule has 0 atom stereocenters. The van der Waals surface area contributed by atoms with E-state index in [0.717, 1.165) is 12.5 Å². The van der Waals surface area contributed by atoms with Crippen LogP contribution in [0.4, 0.5) is 15.8 Å². The average Bonchev–Trinajstić information content (AvgIpc) is 2.29. The molecule has 0 saturated carbocycles. The topological polar surface area (TPSA) is 66.6 Å². The maximum Gasteiger partial charge on any atom is 0.295 e. The van der Waals surface area contributed by atoms with Crippen LogP contribution in [0.3, 0.4) is 0 Å². The second-order valence-corrected chi connectivity index (χ2v) is 5.70. The zero-order chi connectivity index (χ0) is 14.2. The summed E-state index contributed by atoms with van der Waals surface area (Å²) >= 11 is 3.02. The predicted octanol–water partition coefficient (Wildman–Crippen LogP) is 2.85. The summed E-state index contributed by atoms with van der Waals surface area (Å²) in [5.41, 5.74) is -0.734. The van der Waals surface area contributed by atoms with E-state index in [2.05, 4.69) is 15.9 Å². The van der Waals surface area contributed by atoms with Crippen LogP contribution in [-0.4, -0.2) is 28.7 Å². The van der Waals surface area contributed by atoms with E-state index < -0.39 is 16.3 Å². The Morgan fingerprint density at radius 1 is 1.58 bits per heavy atom. The van der Waals surface area contributed by atoms with Crippen molar-refractivity contribution in [2.45, 2.75) is 25.4 Å². The summed E-state index contributed by atoms with van der Waals surface area (Å²) < 4.78 is 13.5. The number of hydrogen-bond donors (Lipinski definition) is 1. The highest BCUT2D eigenvalue weighted by Crippen LogP contribution is 2.39. The Kier molecular flexibility index (Phi) is 3.78. The summed E-state index contributed by atoms with van der Waals surface area (Å²) in [4.78, 5) is 12.0. The van der Waals surface area contributed by atoms with Crippen molar-refractivity contribution in [3.63, 3.8) is 0 Å². The molecule has 0 bridgehead atoms. The molecule has 0 amide bonds. The SMILES string of the molecule is CCCC1(O)CN(c2cc(Br)c(F)cc2[N+](=O)[O-])C1. The first-order valence-electron chi connectivity index (χ1n) is 5.97. The summed E-state index contributed by atoms with van der Waals surface area (Å²) in [5.74, 6) is -0.667. The van der Waals surface area contributed by atoms with E-state index in [4.69, 9.17) is 0 Å². The van der Waals surface area contributed by atoms with Crippen LogP contribution in [0.1, 0.15) is 19.8 Å². The highest BCUT2D eigenvalue weighted by Gasteiger charge is 2.42. The van der Waals surface area contributed by atoms with Gasteiger partial charge in [-0.1, -0.05) is 13.3 Å². The molecule has 0 unspecified atom stereocenters. The highest BCUT2D eigenvalue weighted by atomic mass is 79.9. The number of halogens is 2. The molecule has 1 aromatic rings. The second kappa shape index (κ2) is 5.05. The maximum atomic E-state index is 13.4. The van der Waals surface area contributed by atoms with Gasteiger partial charge in [-0.25, -0.2) is 4.39 Å². The van der Waals surface area contributed by atoms with Crippen LogP contribution in [0.15, 0.2) is 16.6 Å². The number of hydrogen-bond acceptors (Lipinski definition) is 4. The number of rotatable bonds is 4. The van der Waals surface area contributed by atoms with E-state index in [1.165, 1.54) is 6.07 Å². The zero-order valence-electron chi connectivity index (χ0n) is 10.4. The number of benzene rings is 1. The summed E-state index contributed by atoms with van der Waals surface area (Å²) in [7, 11) is 0. The number of nitro benzene ring substituents is 1. The quantitative estimate of drug-likeness (QED) is 0.680. The Morgan fingerprint density at radius 2 is 2.21 bits per heavy atom. The largest absolute Gasteiger partial charge is 0.386 e. The molecule has 1 N–H and O–H groups in total. The first kappa shape index (κ1) is 14.2. The molecule has 0 radical (unpaired) electrons. The van der Waals surface area contributed by atoms with Crippen molar-refractivity contribution in [3.05, 3.63) is 32.5 Å². The summed E-state index contributed by atoms with van der Waals surface area (Å²) in [6.45, 7) is 2.64. The van der Waals surface area contributed by atoms with Gasteiger partial charge in [0.2, 0.25) is 0 Å². The lowest BCUT2D eigenvalue weighted by Crippen LogP contribution is -2.62. The molecule has 5 nitrogen and oxygen atoms in total. The van der Waals surface area contributed by atoms with Crippen molar-refractivity contribution in [2.24, 2.45) is 0 Å². The Morgan fingerprint density at radius 3 is 2.74 bits per heavy atom. The van der Waals surface area contributed by atoms with Crippen molar-refractivity contribution in [1.82, 2.24) is 0 Å². The second-order valence-electron chi connectivity index (χ2n) is 4.84. The molecule has 0 aromatic heterocycles. The molecule has 1 saturated heterocycles. The lowest BCUT2D eigenvalue weighted by Gasteiger charge is -2.47. The molecule has 1 aliphatic heterocycles. The first-order chi connectivity index (χ1) is 8.86. The molecule has 1 aliphatic rings. The Labute approximate surface area is 118 Å². The van der Waals surface area contributed by atoms with E-state index in [1.807, 2.05) is 6.92 Å². The minimum Gasteiger partial charge on any atom is -0.386 e. The molecule has 7 heteroatoms. The lowest BCUT2D eigenvalue weighted by atomic mass is 9.88. The van der Waals surface area contributed by atoms with Gasteiger partial charge in [-0.3, -0.25) is 10.1 Å². The molecule has 1 fully saturated rings. The maximum absolute atomic E-state index is 13.4. The molecule has 2 rings (SSSR count). The van der Waals surface area contributed by atoms with Crippen molar-refractivity contribution in [3.8, 4) is 0 Å². The van der Waals surface area contributed by atoms with Crippen LogP contribution < -0.4 is 4.90 Å². The molecular weight excluding hydrogens is 319 g/mol. The molecule has 0 aliphatic carbocycles. The van der Waals surface area contributed by atoms with Gasteiger partial charge in [0.25, 0.3) is 5.69 Å². The third-order valence-electron chi connectivity index (χ3n) is 3.24. The van der Waals surface area contributed by atoms with E-state index in [9.17, 15) is 19.6 Å². The fraction of sp³-hybridized carbons (Fsp3) is 0.500. The minimum atomic E-state index is -0.788. The third-order valence-corrected chi connectivity index (χ3v) is 3.85. The van der Waals surface area contributed by atoms with Crippen LogP contribution in [0.5, 0.6) is 0 Å². The van der Waals surface area contributed by atoms with E-state index >= 15 is 0 Å². The molecule has 0 spiro atoms. The van der Waals surface area contributed by atoms with Crippen LogP contribution in [0.2, 0.25) is 0 Å². The smallest absolute Gasteiger partial charge is 0.295 e. The van der Waals surface area contributed by atoms with Gasteiger partial charge in [0.15, 0.2) is 0 Å². The molecule has 19 heavy (non-hydrogen) atoms. The van der Waals surface area contributed by atoms with Gasteiger partial charge in [0.05, 0.1) is 21.1 Å². The fourth-order valence-corrected chi connectivity index (χ4v) is 2.71. The molecule has 1 aromatic carbocycles. The highest BCUT2D eigenvalue weighted by molar-refractivity contribution is 9.10.